The summed E-state index contributed by atoms with van der Waals surface area (Å²) in [6.07, 6.45) is 0. The molecule has 0 aliphatic rings. The normalized spacial score (nSPS) is 10.9. The number of ether oxygens (including phenoxy) is 2. The first-order chi connectivity index (χ1) is 9.55. The van der Waals surface area contributed by atoms with Gasteiger partial charge in [0.15, 0.2) is 0 Å². The highest BCUT2D eigenvalue weighted by Crippen LogP contribution is 2.30. The van der Waals surface area contributed by atoms with Gasteiger partial charge in [0.2, 0.25) is 0 Å². The first-order valence-corrected chi connectivity index (χ1v) is 7.25. The van der Waals surface area contributed by atoms with E-state index < -0.39 is 10.0 Å². The zero-order valence-electron chi connectivity index (χ0n) is 11.1. The second-order valence-corrected chi connectivity index (χ2v) is 5.55. The van der Waals surface area contributed by atoms with Crippen LogP contribution in [0.4, 0.5) is 5.69 Å². The number of hydrogen-bond acceptors (Lipinski definition) is 4. The van der Waals surface area contributed by atoms with Crippen molar-refractivity contribution in [2.24, 2.45) is 0 Å². The zero-order valence-corrected chi connectivity index (χ0v) is 11.9. The lowest BCUT2D eigenvalue weighted by atomic mass is 10.3. The lowest BCUT2D eigenvalue weighted by Gasteiger charge is -2.22. The summed E-state index contributed by atoms with van der Waals surface area (Å²) in [5.41, 5.74) is 0.341. The van der Waals surface area contributed by atoms with E-state index in [1.807, 2.05) is 0 Å². The monoisotopic (exact) mass is 292 g/mol. The smallest absolute Gasteiger partial charge is 0.123 e. The van der Waals surface area contributed by atoms with E-state index in [9.17, 15) is 8.42 Å². The Morgan fingerprint density at radius 2 is 1.55 bits per heavy atom. The number of hydrogen-bond donors (Lipinski definition) is 0. The molecule has 0 unspecified atom stereocenters. The van der Waals surface area contributed by atoms with Crippen molar-refractivity contribution in [2.75, 3.05) is 14.2 Å². The molecule has 2 aromatic carbocycles. The molecule has 0 aliphatic heterocycles. The molecule has 20 heavy (non-hydrogen) atoms. The molecule has 0 radical (unpaired) electrons. The molecule has 5 nitrogen and oxygen atoms in total. The highest BCUT2D eigenvalue weighted by molar-refractivity contribution is 7.94. The van der Waals surface area contributed by atoms with E-state index in [0.717, 1.165) is 0 Å². The molecule has 0 aromatic heterocycles. The van der Waals surface area contributed by atoms with Gasteiger partial charge >= 0.3 is 0 Å². The van der Waals surface area contributed by atoms with E-state index in [2.05, 4.69) is 4.72 Å². The second-order valence-electron chi connectivity index (χ2n) is 3.94. The van der Waals surface area contributed by atoms with E-state index in [1.54, 1.807) is 43.5 Å². The van der Waals surface area contributed by atoms with Crippen LogP contribution in [-0.2, 0) is 10.0 Å². The van der Waals surface area contributed by atoms with Crippen LogP contribution in [0.25, 0.3) is 4.72 Å². The molecule has 0 bridgehead atoms. The van der Waals surface area contributed by atoms with Crippen molar-refractivity contribution in [3.05, 3.63) is 53.3 Å². The van der Waals surface area contributed by atoms with Gasteiger partial charge in [0, 0.05) is 0 Å². The minimum Gasteiger partial charge on any atom is -0.573 e. The van der Waals surface area contributed by atoms with Gasteiger partial charge in [-0.1, -0.05) is 18.2 Å². The Balaban J connectivity index is 2.25. The van der Waals surface area contributed by atoms with Gasteiger partial charge in [-0.25, -0.2) is 8.42 Å². The van der Waals surface area contributed by atoms with Crippen molar-refractivity contribution >= 4 is 15.7 Å². The molecular formula is C14H14NO4S-. The first-order valence-electron chi connectivity index (χ1n) is 5.81. The van der Waals surface area contributed by atoms with Gasteiger partial charge in [0.1, 0.15) is 21.5 Å². The Morgan fingerprint density at radius 1 is 0.900 bits per heavy atom. The fourth-order valence-electron chi connectivity index (χ4n) is 1.60. The molecule has 0 spiro atoms. The molecule has 2 rings (SSSR count). The van der Waals surface area contributed by atoms with Crippen LogP contribution in [0.1, 0.15) is 0 Å². The highest BCUT2D eigenvalue weighted by atomic mass is 32.2. The number of benzene rings is 2. The lowest BCUT2D eigenvalue weighted by molar-refractivity contribution is 0.413. The zero-order chi connectivity index (χ0) is 14.6. The summed E-state index contributed by atoms with van der Waals surface area (Å²) in [7, 11) is -0.742. The molecule has 0 aliphatic carbocycles. The SMILES string of the molecule is COc1ccc([N-]S(=O)(=O)c2cccc(OC)c2)cc1. The number of nitrogens with zero attached hydrogens (tertiary/aromatic N) is 1. The molecule has 0 atom stereocenters. The van der Waals surface area contributed by atoms with Crippen LogP contribution in [0.3, 0.4) is 0 Å². The molecular weight excluding hydrogens is 278 g/mol. The summed E-state index contributed by atoms with van der Waals surface area (Å²) in [6, 6.07) is 12.7. The molecule has 0 N–H and O–H groups in total. The number of methoxy groups -OCH3 is 2. The number of sulfonamides is 1. The van der Waals surface area contributed by atoms with Crippen LogP contribution in [0.2, 0.25) is 0 Å². The Bertz CT molecular complexity index is 681. The Hall–Kier alpha value is -2.21. The van der Waals surface area contributed by atoms with Crippen molar-refractivity contribution in [1.82, 2.24) is 0 Å². The van der Waals surface area contributed by atoms with Gasteiger partial charge in [-0.15, -0.1) is 5.69 Å². The number of rotatable bonds is 5. The minimum absolute atomic E-state index is 0.0904. The summed E-state index contributed by atoms with van der Waals surface area (Å²) in [4.78, 5) is 0.0904. The molecule has 2 aromatic rings. The van der Waals surface area contributed by atoms with E-state index in [4.69, 9.17) is 9.47 Å². The third-order valence-electron chi connectivity index (χ3n) is 2.64. The van der Waals surface area contributed by atoms with Gasteiger partial charge in [-0.2, -0.15) is 0 Å². The van der Waals surface area contributed by atoms with Gasteiger partial charge < -0.3 is 14.2 Å². The van der Waals surface area contributed by atoms with Crippen molar-refractivity contribution < 1.29 is 17.9 Å². The van der Waals surface area contributed by atoms with Gasteiger partial charge in [-0.05, 0) is 30.3 Å². The standard InChI is InChI=1S/C14H14NO4S/c1-18-12-8-6-11(7-9-12)15-20(16,17)14-5-3-4-13(10-14)19-2/h3-10H,1-2H3/q-1. The average molecular weight is 292 g/mol. The summed E-state index contributed by atoms with van der Waals surface area (Å²) >= 11 is 0. The fraction of sp³-hybridized carbons (Fsp3) is 0.143. The van der Waals surface area contributed by atoms with E-state index in [1.165, 1.54) is 19.2 Å². The summed E-state index contributed by atoms with van der Waals surface area (Å²) in [6.45, 7) is 0. The third kappa shape index (κ3) is 3.21. The topological polar surface area (TPSA) is 66.7 Å². The van der Waals surface area contributed by atoms with Gasteiger partial charge in [0.05, 0.1) is 19.1 Å². The molecule has 0 amide bonds. The fourth-order valence-corrected chi connectivity index (χ4v) is 2.62. The van der Waals surface area contributed by atoms with Crippen LogP contribution >= 0.6 is 0 Å². The summed E-state index contributed by atoms with van der Waals surface area (Å²) in [5, 5.41) is 0. The van der Waals surface area contributed by atoms with Crippen LogP contribution in [0.5, 0.6) is 11.5 Å². The van der Waals surface area contributed by atoms with Crippen molar-refractivity contribution in [2.45, 2.75) is 4.90 Å². The Labute approximate surface area is 118 Å². The van der Waals surface area contributed by atoms with E-state index in [-0.39, 0.29) is 4.90 Å². The maximum atomic E-state index is 12.2. The van der Waals surface area contributed by atoms with Gasteiger partial charge in [0.25, 0.3) is 0 Å². The predicted molar refractivity (Wildman–Crippen MR) is 76.2 cm³/mol. The second kappa shape index (κ2) is 5.83. The highest BCUT2D eigenvalue weighted by Gasteiger charge is 2.06. The largest absolute Gasteiger partial charge is 0.573 e. The minimum atomic E-state index is -3.76. The van der Waals surface area contributed by atoms with E-state index in [0.29, 0.717) is 17.2 Å². The van der Waals surface area contributed by atoms with Crippen molar-refractivity contribution in [3.63, 3.8) is 0 Å². The van der Waals surface area contributed by atoms with Gasteiger partial charge in [-0.3, -0.25) is 0 Å². The maximum absolute atomic E-state index is 12.2. The van der Waals surface area contributed by atoms with Crippen molar-refractivity contribution in [3.8, 4) is 11.5 Å². The van der Waals surface area contributed by atoms with Crippen molar-refractivity contribution in [1.29, 1.82) is 0 Å². The van der Waals surface area contributed by atoms with Crippen LogP contribution < -0.4 is 9.47 Å². The van der Waals surface area contributed by atoms with E-state index >= 15 is 0 Å². The Morgan fingerprint density at radius 3 is 2.15 bits per heavy atom. The van der Waals surface area contributed by atoms with Crippen LogP contribution in [0, 0.1) is 0 Å². The predicted octanol–water partition coefficient (Wildman–Crippen LogP) is 3.10. The molecule has 6 heteroatoms. The summed E-state index contributed by atoms with van der Waals surface area (Å²) < 4.78 is 38.1. The maximum Gasteiger partial charge on any atom is 0.123 e. The third-order valence-corrected chi connectivity index (χ3v) is 3.94. The van der Waals surface area contributed by atoms with Crippen LogP contribution in [0.15, 0.2) is 53.4 Å². The first kappa shape index (κ1) is 14.2. The molecule has 0 fully saturated rings. The molecule has 0 saturated heterocycles. The molecule has 106 valence electrons. The summed E-state index contributed by atoms with van der Waals surface area (Å²) in [5.74, 6) is 1.11. The van der Waals surface area contributed by atoms with Crippen LogP contribution in [-0.4, -0.2) is 22.6 Å². The Kier molecular flexibility index (Phi) is 4.14. The molecule has 0 saturated carbocycles. The average Bonchev–Trinajstić information content (AvgIpc) is 2.48. The lowest BCUT2D eigenvalue weighted by Crippen LogP contribution is -1.98. The quantitative estimate of drug-likeness (QED) is 0.849. The molecule has 0 heterocycles.